The van der Waals surface area contributed by atoms with Gasteiger partial charge in [0, 0.05) is 0 Å². The number of aromatic nitrogens is 3. The number of hydrogen-bond donors (Lipinski definition) is 0. The van der Waals surface area contributed by atoms with Gasteiger partial charge >= 0.3 is 383 Å². The molecule has 0 saturated carbocycles. The van der Waals surface area contributed by atoms with E-state index < -0.39 is 46.7 Å². The molecular formula is C51H78BiN3O3Si3. The van der Waals surface area contributed by atoms with Gasteiger partial charge in [0.1, 0.15) is 0 Å². The molecule has 3 aromatic carbocycles. The topological polar surface area (TPSA) is 42.5 Å². The van der Waals surface area contributed by atoms with E-state index in [0.29, 0.717) is 0 Å². The van der Waals surface area contributed by atoms with E-state index in [2.05, 4.69) is 210 Å². The van der Waals surface area contributed by atoms with Crippen LogP contribution in [0.1, 0.15) is 79.0 Å². The molecule has 6 aromatic rings. The summed E-state index contributed by atoms with van der Waals surface area (Å²) in [5.74, 6) is 0. The van der Waals surface area contributed by atoms with E-state index in [0.717, 1.165) is 39.1 Å². The molecule has 0 fully saturated rings. The van der Waals surface area contributed by atoms with Crippen LogP contribution in [0, 0.1) is 0 Å². The van der Waals surface area contributed by atoms with Crippen molar-refractivity contribution >= 4 is 89.2 Å². The van der Waals surface area contributed by atoms with Crippen LogP contribution in [-0.4, -0.2) is 80.2 Å². The number of fused-ring (bicyclic) bond motifs is 3. The molecule has 0 aliphatic rings. The van der Waals surface area contributed by atoms with Crippen molar-refractivity contribution in [1.29, 1.82) is 0 Å². The second-order valence-corrected chi connectivity index (χ2v) is 45.4. The molecule has 0 amide bonds. The standard InChI is InChI=1S/3C17H26NOSi.Bi/c3*1-17(2,3)20(5,6)19-12-11-14-13-18(4)16-10-8-7-9-15(14)16;/h3*8-10,13H,11-12H2,1-6H3;. The molecule has 6 rings (SSSR count). The molecule has 0 saturated heterocycles. The third-order valence-corrected chi connectivity index (χ3v) is 37.7. The molecular weight excluding hydrogens is 996 g/mol. The van der Waals surface area contributed by atoms with Gasteiger partial charge in [0.15, 0.2) is 0 Å². The zero-order valence-corrected chi connectivity index (χ0v) is 47.7. The molecule has 332 valence electrons. The van der Waals surface area contributed by atoms with Gasteiger partial charge in [0.25, 0.3) is 0 Å². The van der Waals surface area contributed by atoms with Crippen LogP contribution >= 0.6 is 0 Å². The average molecular weight is 1070 g/mol. The van der Waals surface area contributed by atoms with Crippen LogP contribution < -0.4 is 9.81 Å². The first-order valence-corrected chi connectivity index (χ1v) is 36.5. The summed E-state index contributed by atoms with van der Waals surface area (Å²) < 4.78 is 31.7. The molecule has 10 heteroatoms. The Kier molecular flexibility index (Phi) is 13.9. The Balaban J connectivity index is 1.44. The molecule has 0 bridgehead atoms. The fraction of sp³-hybridized carbons (Fsp3) is 0.529. The van der Waals surface area contributed by atoms with Crippen LogP contribution in [-0.2, 0) is 53.7 Å². The summed E-state index contributed by atoms with van der Waals surface area (Å²) in [5, 5.41) is 4.67. The molecule has 0 aliphatic heterocycles. The molecule has 0 unspecified atom stereocenters. The van der Waals surface area contributed by atoms with Gasteiger partial charge in [-0.1, -0.05) is 0 Å². The number of nitrogens with zero attached hydrogens (tertiary/aromatic N) is 3. The fourth-order valence-electron chi connectivity index (χ4n) is 7.74. The summed E-state index contributed by atoms with van der Waals surface area (Å²) in [6.45, 7) is 37.4. The van der Waals surface area contributed by atoms with E-state index in [1.807, 2.05) is 0 Å². The van der Waals surface area contributed by atoms with E-state index in [1.54, 1.807) is 0 Å². The molecule has 3 aromatic heterocycles. The Morgan fingerprint density at radius 1 is 0.426 bits per heavy atom. The quantitative estimate of drug-likeness (QED) is 0.0963. The Morgan fingerprint density at radius 2 is 0.672 bits per heavy atom. The summed E-state index contributed by atoms with van der Waals surface area (Å²) >= 11 is -2.95. The van der Waals surface area contributed by atoms with E-state index in [4.69, 9.17) is 13.3 Å². The van der Waals surface area contributed by atoms with Crippen LogP contribution in [0.4, 0.5) is 0 Å². The maximum atomic E-state index is 6.73. The first-order chi connectivity index (χ1) is 28.1. The van der Waals surface area contributed by atoms with Gasteiger partial charge in [0.05, 0.1) is 0 Å². The van der Waals surface area contributed by atoms with Gasteiger partial charge in [-0.05, 0) is 0 Å². The SMILES string of the molecule is Cn1cc(CCO[Si](C)(C)C(C)(C)C)c2c[c]([Bi]([c]3ccc4c(c3)c(CCO[Si](C)(C)C(C)(C)C)cn4C)[c]3ccc4c(c3)c(CCO[Si](C)(C)C(C)(C)C)cn4C)ccc21. The van der Waals surface area contributed by atoms with Crippen molar-refractivity contribution in [2.24, 2.45) is 21.1 Å². The first-order valence-electron chi connectivity index (χ1n) is 22.6. The second kappa shape index (κ2) is 17.6. The molecule has 0 aliphatic carbocycles. The molecule has 0 atom stereocenters. The molecule has 6 nitrogen and oxygen atoms in total. The van der Waals surface area contributed by atoms with Crippen molar-refractivity contribution in [2.75, 3.05) is 19.8 Å². The Hall–Kier alpha value is -2.31. The number of aryl methyl sites for hydroxylation is 3. The zero-order chi connectivity index (χ0) is 45.1. The van der Waals surface area contributed by atoms with Crippen LogP contribution in [0.3, 0.4) is 0 Å². The van der Waals surface area contributed by atoms with E-state index in [9.17, 15) is 0 Å². The van der Waals surface area contributed by atoms with Crippen LogP contribution in [0.5, 0.6) is 0 Å². The minimum absolute atomic E-state index is 0.190. The van der Waals surface area contributed by atoms with Crippen LogP contribution in [0.2, 0.25) is 54.4 Å². The predicted octanol–water partition coefficient (Wildman–Crippen LogP) is 11.4. The second-order valence-electron chi connectivity index (χ2n) is 22.3. The number of rotatable bonds is 15. The van der Waals surface area contributed by atoms with Gasteiger partial charge < -0.3 is 0 Å². The Labute approximate surface area is 380 Å². The van der Waals surface area contributed by atoms with Crippen molar-refractivity contribution in [3.63, 3.8) is 0 Å². The molecule has 3 heterocycles. The molecule has 0 radical (unpaired) electrons. The van der Waals surface area contributed by atoms with E-state index in [1.165, 1.54) is 59.2 Å². The monoisotopic (exact) mass is 1070 g/mol. The summed E-state index contributed by atoms with van der Waals surface area (Å²) in [5.41, 5.74) is 8.02. The average Bonchev–Trinajstić information content (AvgIpc) is 3.75. The fourth-order valence-corrected chi connectivity index (χ4v) is 20.0. The predicted molar refractivity (Wildman–Crippen MR) is 274 cm³/mol. The van der Waals surface area contributed by atoms with Gasteiger partial charge in [0.2, 0.25) is 0 Å². The van der Waals surface area contributed by atoms with E-state index in [-0.39, 0.29) is 15.1 Å². The third-order valence-electron chi connectivity index (χ3n) is 14.9. The zero-order valence-electron chi connectivity index (χ0n) is 41.2. The normalized spacial score (nSPS) is 13.8. The molecule has 61 heavy (non-hydrogen) atoms. The Morgan fingerprint density at radius 3 is 0.902 bits per heavy atom. The molecule has 0 N–H and O–H groups in total. The first kappa shape index (κ1) is 48.2. The van der Waals surface area contributed by atoms with Gasteiger partial charge in [-0.2, -0.15) is 0 Å². The van der Waals surface area contributed by atoms with Crippen molar-refractivity contribution in [3.8, 4) is 0 Å². The molecule has 0 spiro atoms. The summed E-state index contributed by atoms with van der Waals surface area (Å²) in [6.07, 6.45) is 9.78. The van der Waals surface area contributed by atoms with Crippen molar-refractivity contribution < 1.29 is 13.3 Å². The summed E-state index contributed by atoms with van der Waals surface area (Å²) in [7, 11) is 1.02. The third kappa shape index (κ3) is 10.2. The van der Waals surface area contributed by atoms with Crippen molar-refractivity contribution in [1.82, 2.24) is 13.7 Å². The van der Waals surface area contributed by atoms with Crippen LogP contribution in [0.15, 0.2) is 73.2 Å². The van der Waals surface area contributed by atoms with Gasteiger partial charge in [-0.25, -0.2) is 0 Å². The summed E-state index contributed by atoms with van der Waals surface area (Å²) in [6, 6.07) is 22.3. The van der Waals surface area contributed by atoms with Crippen molar-refractivity contribution in [3.05, 3.63) is 89.9 Å². The Bertz CT molecular complexity index is 2230. The number of benzene rings is 3. The van der Waals surface area contributed by atoms with Crippen molar-refractivity contribution in [2.45, 2.75) is 136 Å². The van der Waals surface area contributed by atoms with E-state index >= 15 is 0 Å². The number of hydrogen-bond acceptors (Lipinski definition) is 3. The maximum absolute atomic E-state index is 6.73. The minimum atomic E-state index is -2.95. The van der Waals surface area contributed by atoms with Crippen LogP contribution in [0.25, 0.3) is 32.7 Å². The summed E-state index contributed by atoms with van der Waals surface area (Å²) in [4.78, 5) is 0. The van der Waals surface area contributed by atoms with Gasteiger partial charge in [-0.15, -0.1) is 0 Å². The van der Waals surface area contributed by atoms with Gasteiger partial charge in [-0.3, -0.25) is 0 Å².